The molecule has 0 aromatic heterocycles. The molecule has 8 nitrogen and oxygen atoms in total. The molecule has 2 rings (SSSR count). The van der Waals surface area contributed by atoms with E-state index < -0.39 is 28.5 Å². The number of fused-ring (bicyclic) bond motifs is 2. The summed E-state index contributed by atoms with van der Waals surface area (Å²) in [6, 6.07) is 0.150. The number of hydroxylamine groups is 2. The first-order chi connectivity index (χ1) is 7.42. The predicted molar refractivity (Wildman–Crippen MR) is 47.1 cm³/mol. The van der Waals surface area contributed by atoms with Crippen LogP contribution in [0.3, 0.4) is 0 Å². The van der Waals surface area contributed by atoms with Gasteiger partial charge in [0.1, 0.15) is 6.04 Å². The van der Waals surface area contributed by atoms with Gasteiger partial charge in [-0.3, -0.25) is 0 Å². The molecule has 2 fully saturated rings. The quantitative estimate of drug-likeness (QED) is 0.288. The third-order valence-electron chi connectivity index (χ3n) is 2.64. The van der Waals surface area contributed by atoms with Crippen LogP contribution in [0.2, 0.25) is 0 Å². The summed E-state index contributed by atoms with van der Waals surface area (Å²) in [6.07, 6.45) is 0.891. The average Bonchev–Trinajstić information content (AvgIpc) is 2.43. The van der Waals surface area contributed by atoms with Crippen LogP contribution in [0.1, 0.15) is 12.8 Å². The number of amides is 2. The van der Waals surface area contributed by atoms with E-state index in [2.05, 4.69) is 4.28 Å². The van der Waals surface area contributed by atoms with Crippen molar-refractivity contribution in [1.82, 2.24) is 9.96 Å². The van der Waals surface area contributed by atoms with E-state index in [0.717, 1.165) is 0 Å². The molecule has 10 heteroatoms. The minimum atomic E-state index is -4.96. The SMILES string of the molecule is N#CC1CCC2CN1C(=O)N2OS(=O)(=O)[O-].[Na+]. The van der Waals surface area contributed by atoms with Gasteiger partial charge in [0.2, 0.25) is 10.4 Å². The van der Waals surface area contributed by atoms with Crippen LogP contribution >= 0.6 is 0 Å². The molecule has 0 aromatic carbocycles. The van der Waals surface area contributed by atoms with Crippen molar-refractivity contribution in [3.8, 4) is 6.07 Å². The number of rotatable bonds is 2. The van der Waals surface area contributed by atoms with Gasteiger partial charge in [-0.05, 0) is 12.8 Å². The molecule has 0 saturated carbocycles. The Labute approximate surface area is 120 Å². The van der Waals surface area contributed by atoms with E-state index in [-0.39, 0.29) is 36.1 Å². The summed E-state index contributed by atoms with van der Waals surface area (Å²) in [5, 5.41) is 9.32. The fourth-order valence-electron chi connectivity index (χ4n) is 1.96. The van der Waals surface area contributed by atoms with Crippen LogP contribution in [-0.4, -0.2) is 47.6 Å². The zero-order valence-electron chi connectivity index (χ0n) is 9.07. The van der Waals surface area contributed by atoms with Gasteiger partial charge in [0, 0.05) is 6.54 Å². The Balaban J connectivity index is 0.00000144. The van der Waals surface area contributed by atoms with Crippen LogP contribution in [0.4, 0.5) is 4.79 Å². The summed E-state index contributed by atoms with van der Waals surface area (Å²) in [6.45, 7) is 0.215. The summed E-state index contributed by atoms with van der Waals surface area (Å²) in [7, 11) is -4.96. The average molecular weight is 269 g/mol. The number of nitrogens with zero attached hydrogens (tertiary/aromatic N) is 3. The Morgan fingerprint density at radius 3 is 2.65 bits per heavy atom. The standard InChI is InChI=1S/C7H9N3O5S.Na/c8-3-5-1-2-6-4-9(5)7(11)10(6)15-16(12,13)14;/h5-6H,1-2,4H2,(H,12,13,14);/q;+1/p-1. The first-order valence-corrected chi connectivity index (χ1v) is 5.90. The Kier molecular flexibility index (Phi) is 4.40. The molecule has 2 unspecified atom stereocenters. The van der Waals surface area contributed by atoms with Gasteiger partial charge in [0.25, 0.3) is 0 Å². The van der Waals surface area contributed by atoms with Gasteiger partial charge < -0.3 is 9.45 Å². The normalized spacial score (nSPS) is 27.6. The Morgan fingerprint density at radius 2 is 2.12 bits per heavy atom. The van der Waals surface area contributed by atoms with Crippen molar-refractivity contribution in [3.63, 3.8) is 0 Å². The number of urea groups is 1. The summed E-state index contributed by atoms with van der Waals surface area (Å²) < 4.78 is 35.3. The Morgan fingerprint density at radius 1 is 1.47 bits per heavy atom. The van der Waals surface area contributed by atoms with Crippen molar-refractivity contribution in [3.05, 3.63) is 0 Å². The van der Waals surface area contributed by atoms with Crippen LogP contribution in [-0.2, 0) is 14.7 Å². The molecule has 0 N–H and O–H groups in total. The van der Waals surface area contributed by atoms with E-state index in [1.807, 2.05) is 6.07 Å². The molecule has 0 aromatic rings. The smallest absolute Gasteiger partial charge is 0.724 e. The molecule has 2 heterocycles. The van der Waals surface area contributed by atoms with Gasteiger partial charge in [0.05, 0.1) is 12.1 Å². The summed E-state index contributed by atoms with van der Waals surface area (Å²) in [5.41, 5.74) is 0. The van der Waals surface area contributed by atoms with Gasteiger partial charge in [-0.2, -0.15) is 14.6 Å². The van der Waals surface area contributed by atoms with Crippen LogP contribution in [0.15, 0.2) is 0 Å². The summed E-state index contributed by atoms with van der Waals surface area (Å²) in [4.78, 5) is 12.8. The molecule has 2 aliphatic heterocycles. The molecule has 0 radical (unpaired) electrons. The maximum atomic E-state index is 11.6. The second kappa shape index (κ2) is 5.09. The monoisotopic (exact) mass is 269 g/mol. The molecule has 17 heavy (non-hydrogen) atoms. The largest absolute Gasteiger partial charge is 1.00 e. The summed E-state index contributed by atoms with van der Waals surface area (Å²) >= 11 is 0. The van der Waals surface area contributed by atoms with Crippen LogP contribution in [0, 0.1) is 11.3 Å². The Hall–Kier alpha value is -0.370. The molecular weight excluding hydrogens is 261 g/mol. The van der Waals surface area contributed by atoms with Gasteiger partial charge in [0.15, 0.2) is 0 Å². The van der Waals surface area contributed by atoms with Gasteiger partial charge in [-0.25, -0.2) is 13.2 Å². The van der Waals surface area contributed by atoms with Crippen LogP contribution < -0.4 is 29.6 Å². The maximum Gasteiger partial charge on any atom is 1.00 e. The van der Waals surface area contributed by atoms with E-state index >= 15 is 0 Å². The molecule has 2 atom stereocenters. The topological polar surface area (TPSA) is 114 Å². The number of carbonyl (C=O) groups is 1. The van der Waals surface area contributed by atoms with Crippen molar-refractivity contribution in [2.45, 2.75) is 24.9 Å². The van der Waals surface area contributed by atoms with Crippen LogP contribution in [0.5, 0.6) is 0 Å². The maximum absolute atomic E-state index is 11.6. The molecule has 88 valence electrons. The minimum absolute atomic E-state index is 0. The third kappa shape index (κ3) is 2.90. The zero-order chi connectivity index (χ0) is 11.9. The number of piperidine rings is 1. The second-order valence-corrected chi connectivity index (χ2v) is 4.59. The van der Waals surface area contributed by atoms with Gasteiger partial charge in [-0.15, -0.1) is 0 Å². The van der Waals surface area contributed by atoms with Gasteiger partial charge >= 0.3 is 35.6 Å². The minimum Gasteiger partial charge on any atom is -0.724 e. The van der Waals surface area contributed by atoms with Crippen molar-refractivity contribution in [2.75, 3.05) is 6.54 Å². The Bertz CT molecular complexity index is 461. The molecule has 0 aliphatic carbocycles. The van der Waals surface area contributed by atoms with Crippen molar-refractivity contribution < 1.29 is 51.6 Å². The first kappa shape index (κ1) is 14.7. The number of nitriles is 1. The van der Waals surface area contributed by atoms with E-state index in [9.17, 15) is 17.8 Å². The fraction of sp³-hybridized carbons (Fsp3) is 0.714. The number of hydrogen-bond acceptors (Lipinski definition) is 6. The molecular formula is C7H8N3NaO5S. The van der Waals surface area contributed by atoms with Crippen molar-refractivity contribution in [2.24, 2.45) is 0 Å². The molecule has 2 bridgehead atoms. The van der Waals surface area contributed by atoms with Crippen LogP contribution in [0.25, 0.3) is 0 Å². The number of carbonyl (C=O) groups excluding carboxylic acids is 1. The molecule has 0 spiro atoms. The van der Waals surface area contributed by atoms with Crippen molar-refractivity contribution in [1.29, 1.82) is 5.26 Å². The number of hydrogen-bond donors (Lipinski definition) is 0. The zero-order valence-corrected chi connectivity index (χ0v) is 11.9. The third-order valence-corrected chi connectivity index (χ3v) is 2.99. The van der Waals surface area contributed by atoms with E-state index in [1.165, 1.54) is 4.90 Å². The molecule has 2 aliphatic rings. The first-order valence-electron chi connectivity index (χ1n) is 4.57. The van der Waals surface area contributed by atoms with Gasteiger partial charge in [-0.1, -0.05) is 0 Å². The predicted octanol–water partition coefficient (Wildman–Crippen LogP) is -3.83. The molecule has 2 amide bonds. The summed E-state index contributed by atoms with van der Waals surface area (Å²) in [5.74, 6) is 0. The fourth-order valence-corrected chi connectivity index (χ4v) is 2.34. The van der Waals surface area contributed by atoms with E-state index in [4.69, 9.17) is 5.26 Å². The van der Waals surface area contributed by atoms with E-state index in [1.54, 1.807) is 0 Å². The molecule has 2 saturated heterocycles. The van der Waals surface area contributed by atoms with E-state index in [0.29, 0.717) is 17.9 Å². The van der Waals surface area contributed by atoms with Crippen molar-refractivity contribution >= 4 is 16.4 Å². The second-order valence-electron chi connectivity index (χ2n) is 3.62.